The average Bonchev–Trinajstić information content (AvgIpc) is 3.16. The Kier molecular flexibility index (Phi) is 7.95. The molecule has 1 aliphatic rings. The Morgan fingerprint density at radius 3 is 2.48 bits per heavy atom. The van der Waals surface area contributed by atoms with E-state index in [1.165, 1.54) is 22.9 Å². The van der Waals surface area contributed by atoms with Crippen LogP contribution in [0, 0.1) is 0 Å². The maximum absolute atomic E-state index is 13.1. The predicted molar refractivity (Wildman–Crippen MR) is 134 cm³/mol. The van der Waals surface area contributed by atoms with Crippen LogP contribution in [0.4, 0.5) is 0 Å². The standard InChI is InChI=1S/C28H35N3O2/c1-21(32)11-4-2-7-16-26(31-19-10-20-31)28(33)29-18-17-24-23-14-8-9-15-25(23)30-27(24)22-12-5-3-6-13-22/h3,5-6,8-9,12-15,26,30H,2,4,7,10-11,16-20H2,1H3,(H,29,33)/t26-/m0/s1. The lowest BCUT2D eigenvalue weighted by atomic mass is 10.0. The van der Waals surface area contributed by atoms with Crippen LogP contribution in [0.5, 0.6) is 0 Å². The number of carbonyl (C=O) groups is 2. The van der Waals surface area contributed by atoms with Crippen molar-refractivity contribution in [1.29, 1.82) is 0 Å². The first-order valence-corrected chi connectivity index (χ1v) is 12.3. The van der Waals surface area contributed by atoms with Gasteiger partial charge in [-0.25, -0.2) is 0 Å². The number of para-hydroxylation sites is 1. The van der Waals surface area contributed by atoms with E-state index in [-0.39, 0.29) is 17.7 Å². The Morgan fingerprint density at radius 2 is 1.76 bits per heavy atom. The number of H-pyrrole nitrogens is 1. The highest BCUT2D eigenvalue weighted by molar-refractivity contribution is 5.91. The summed E-state index contributed by atoms with van der Waals surface area (Å²) in [5.41, 5.74) is 4.68. The van der Waals surface area contributed by atoms with E-state index in [0.717, 1.165) is 56.4 Å². The molecule has 0 saturated carbocycles. The number of amides is 1. The lowest BCUT2D eigenvalue weighted by Crippen LogP contribution is -2.52. The molecule has 33 heavy (non-hydrogen) atoms. The Morgan fingerprint density at radius 1 is 1.00 bits per heavy atom. The van der Waals surface area contributed by atoms with Gasteiger partial charge in [0.2, 0.25) is 5.91 Å². The number of unbranched alkanes of at least 4 members (excludes halogenated alkanes) is 2. The van der Waals surface area contributed by atoms with Crippen molar-refractivity contribution in [3.05, 3.63) is 60.2 Å². The molecule has 4 rings (SSSR count). The van der Waals surface area contributed by atoms with Gasteiger partial charge in [-0.2, -0.15) is 0 Å². The van der Waals surface area contributed by atoms with Crippen molar-refractivity contribution < 1.29 is 9.59 Å². The van der Waals surface area contributed by atoms with Gasteiger partial charge < -0.3 is 15.1 Å². The van der Waals surface area contributed by atoms with Crippen molar-refractivity contribution in [2.24, 2.45) is 0 Å². The fourth-order valence-corrected chi connectivity index (χ4v) is 4.76. The normalized spacial score (nSPS) is 14.7. The maximum atomic E-state index is 13.1. The number of hydrogen-bond acceptors (Lipinski definition) is 3. The van der Waals surface area contributed by atoms with Gasteiger partial charge in [-0.05, 0) is 49.8 Å². The highest BCUT2D eigenvalue weighted by Gasteiger charge is 2.29. The monoisotopic (exact) mass is 445 g/mol. The summed E-state index contributed by atoms with van der Waals surface area (Å²) in [7, 11) is 0. The number of benzene rings is 2. The minimum absolute atomic E-state index is 0.0485. The number of likely N-dealkylation sites (tertiary alicyclic amines) is 1. The third-order valence-corrected chi connectivity index (χ3v) is 6.69. The summed E-state index contributed by atoms with van der Waals surface area (Å²) in [6.45, 7) is 4.28. The van der Waals surface area contributed by atoms with Crippen molar-refractivity contribution in [3.8, 4) is 11.3 Å². The number of rotatable bonds is 12. The van der Waals surface area contributed by atoms with E-state index in [9.17, 15) is 9.59 Å². The molecule has 1 saturated heterocycles. The molecule has 5 nitrogen and oxygen atoms in total. The predicted octanol–water partition coefficient (Wildman–Crippen LogP) is 5.11. The Hall–Kier alpha value is -2.92. The molecule has 1 atom stereocenters. The molecule has 0 radical (unpaired) electrons. The van der Waals surface area contributed by atoms with Gasteiger partial charge in [0.25, 0.3) is 0 Å². The van der Waals surface area contributed by atoms with E-state index in [1.807, 2.05) is 12.1 Å². The summed E-state index contributed by atoms with van der Waals surface area (Å²) in [5, 5.41) is 4.44. The fraction of sp³-hybridized carbons (Fsp3) is 0.429. The summed E-state index contributed by atoms with van der Waals surface area (Å²) in [4.78, 5) is 30.1. The quantitative estimate of drug-likeness (QED) is 0.381. The molecule has 1 aliphatic heterocycles. The number of ketones is 1. The maximum Gasteiger partial charge on any atom is 0.237 e. The van der Waals surface area contributed by atoms with Crippen LogP contribution in [0.15, 0.2) is 54.6 Å². The average molecular weight is 446 g/mol. The number of carbonyl (C=O) groups excluding carboxylic acids is 2. The van der Waals surface area contributed by atoms with Crippen LogP contribution in [-0.2, 0) is 16.0 Å². The number of fused-ring (bicyclic) bond motifs is 1. The van der Waals surface area contributed by atoms with Gasteiger partial charge in [0.15, 0.2) is 0 Å². The third kappa shape index (κ3) is 5.91. The molecule has 0 aliphatic carbocycles. The minimum atomic E-state index is -0.0485. The first-order chi connectivity index (χ1) is 16.1. The van der Waals surface area contributed by atoms with E-state index in [4.69, 9.17) is 0 Å². The van der Waals surface area contributed by atoms with Gasteiger partial charge in [-0.3, -0.25) is 9.69 Å². The second-order valence-corrected chi connectivity index (χ2v) is 9.14. The van der Waals surface area contributed by atoms with Crippen LogP contribution in [0.2, 0.25) is 0 Å². The number of aromatic amines is 1. The minimum Gasteiger partial charge on any atom is -0.354 e. The van der Waals surface area contributed by atoms with E-state index < -0.39 is 0 Å². The molecule has 5 heteroatoms. The molecule has 1 aromatic heterocycles. The summed E-state index contributed by atoms with van der Waals surface area (Å²) < 4.78 is 0. The summed E-state index contributed by atoms with van der Waals surface area (Å²) in [6.07, 6.45) is 6.39. The molecule has 0 unspecified atom stereocenters. The molecule has 0 bridgehead atoms. The van der Waals surface area contributed by atoms with Gasteiger partial charge >= 0.3 is 0 Å². The van der Waals surface area contributed by atoms with E-state index in [1.54, 1.807) is 6.92 Å². The summed E-state index contributed by atoms with van der Waals surface area (Å²) in [6, 6.07) is 18.7. The molecule has 2 aromatic carbocycles. The van der Waals surface area contributed by atoms with Crippen LogP contribution < -0.4 is 5.32 Å². The van der Waals surface area contributed by atoms with E-state index >= 15 is 0 Å². The highest BCUT2D eigenvalue weighted by Crippen LogP contribution is 2.30. The largest absolute Gasteiger partial charge is 0.354 e. The molecule has 1 fully saturated rings. The second kappa shape index (κ2) is 11.3. The topological polar surface area (TPSA) is 65.2 Å². The molecular formula is C28H35N3O2. The van der Waals surface area contributed by atoms with Gasteiger partial charge in [0.1, 0.15) is 5.78 Å². The lowest BCUT2D eigenvalue weighted by Gasteiger charge is -2.37. The van der Waals surface area contributed by atoms with Crippen molar-refractivity contribution in [2.75, 3.05) is 19.6 Å². The van der Waals surface area contributed by atoms with Gasteiger partial charge in [0, 0.05) is 42.7 Å². The molecule has 0 spiro atoms. The van der Waals surface area contributed by atoms with Gasteiger partial charge in [-0.15, -0.1) is 0 Å². The van der Waals surface area contributed by atoms with Crippen molar-refractivity contribution >= 4 is 22.6 Å². The molecule has 174 valence electrons. The van der Waals surface area contributed by atoms with Crippen LogP contribution in [0.3, 0.4) is 0 Å². The van der Waals surface area contributed by atoms with Crippen molar-refractivity contribution in [3.63, 3.8) is 0 Å². The molecule has 3 aromatic rings. The Labute approximate surface area is 196 Å². The van der Waals surface area contributed by atoms with Crippen LogP contribution in [0.25, 0.3) is 22.2 Å². The molecule has 2 heterocycles. The zero-order valence-corrected chi connectivity index (χ0v) is 19.6. The molecule has 1 amide bonds. The van der Waals surface area contributed by atoms with E-state index in [0.29, 0.717) is 13.0 Å². The summed E-state index contributed by atoms with van der Waals surface area (Å²) in [5.74, 6) is 0.390. The summed E-state index contributed by atoms with van der Waals surface area (Å²) >= 11 is 0. The number of aromatic nitrogens is 1. The van der Waals surface area contributed by atoms with Crippen molar-refractivity contribution in [2.45, 2.75) is 57.9 Å². The third-order valence-electron chi connectivity index (χ3n) is 6.69. The number of nitrogens with zero attached hydrogens (tertiary/aromatic N) is 1. The number of nitrogens with one attached hydrogen (secondary N) is 2. The smallest absolute Gasteiger partial charge is 0.237 e. The second-order valence-electron chi connectivity index (χ2n) is 9.14. The zero-order chi connectivity index (χ0) is 23.0. The van der Waals surface area contributed by atoms with Crippen LogP contribution in [0.1, 0.15) is 51.0 Å². The van der Waals surface area contributed by atoms with Crippen LogP contribution in [-0.4, -0.2) is 47.3 Å². The highest BCUT2D eigenvalue weighted by atomic mass is 16.2. The van der Waals surface area contributed by atoms with Crippen LogP contribution >= 0.6 is 0 Å². The lowest BCUT2D eigenvalue weighted by molar-refractivity contribution is -0.128. The fourth-order valence-electron chi connectivity index (χ4n) is 4.76. The van der Waals surface area contributed by atoms with Gasteiger partial charge in [-0.1, -0.05) is 61.4 Å². The molecule has 2 N–H and O–H groups in total. The first-order valence-electron chi connectivity index (χ1n) is 12.3. The SMILES string of the molecule is CC(=O)CCCCC[C@@H](C(=O)NCCc1c(-c2ccccc2)[nH]c2ccccc12)N1CCC1. The number of hydrogen-bond donors (Lipinski definition) is 2. The Balaban J connectivity index is 1.38. The number of Topliss-reactive ketones (excluding diaryl/α,β-unsaturated/α-hetero) is 1. The van der Waals surface area contributed by atoms with E-state index in [2.05, 4.69) is 57.7 Å². The first kappa shape index (κ1) is 23.2. The Bertz CT molecular complexity index is 1070. The van der Waals surface area contributed by atoms with Gasteiger partial charge in [0.05, 0.1) is 6.04 Å². The molecular weight excluding hydrogens is 410 g/mol. The van der Waals surface area contributed by atoms with Crippen molar-refractivity contribution in [1.82, 2.24) is 15.2 Å². The zero-order valence-electron chi connectivity index (χ0n) is 19.6.